The van der Waals surface area contributed by atoms with E-state index < -0.39 is 0 Å². The molecule has 1 saturated carbocycles. The lowest BCUT2D eigenvalue weighted by Gasteiger charge is -2.17. The number of amides is 1. The fourth-order valence-corrected chi connectivity index (χ4v) is 1.27. The summed E-state index contributed by atoms with van der Waals surface area (Å²) in [6.07, 6.45) is 2.55. The van der Waals surface area contributed by atoms with Crippen LogP contribution in [0.5, 0.6) is 0 Å². The molecule has 1 N–H and O–H groups in total. The number of hydrogen-bond acceptors (Lipinski definition) is 3. The molecule has 1 amide bonds. The topological polar surface area (TPSA) is 41.6 Å². The van der Waals surface area contributed by atoms with Crippen molar-refractivity contribution < 1.29 is 9.53 Å². The Kier molecular flexibility index (Phi) is 5.05. The Morgan fingerprint density at radius 3 is 2.73 bits per heavy atom. The van der Waals surface area contributed by atoms with Gasteiger partial charge in [0.2, 0.25) is 5.91 Å². The molecule has 0 spiro atoms. The Morgan fingerprint density at radius 2 is 2.20 bits per heavy atom. The van der Waals surface area contributed by atoms with Crippen LogP contribution in [0.3, 0.4) is 0 Å². The number of nitrogens with zero attached hydrogens (tertiary/aromatic N) is 1. The second-order valence-corrected chi connectivity index (χ2v) is 4.50. The van der Waals surface area contributed by atoms with Crippen LogP contribution in [0, 0.1) is 0 Å². The van der Waals surface area contributed by atoms with Crippen LogP contribution in [0.1, 0.15) is 26.7 Å². The maximum absolute atomic E-state index is 11.4. The zero-order chi connectivity index (χ0) is 11.3. The second kappa shape index (κ2) is 6.08. The van der Waals surface area contributed by atoms with Crippen molar-refractivity contribution in [2.24, 2.45) is 0 Å². The van der Waals surface area contributed by atoms with Crippen molar-refractivity contribution in [3.8, 4) is 0 Å². The van der Waals surface area contributed by atoms with Crippen LogP contribution in [0.25, 0.3) is 0 Å². The molecule has 0 radical (unpaired) electrons. The molecule has 0 aliphatic heterocycles. The van der Waals surface area contributed by atoms with Gasteiger partial charge in [0.05, 0.1) is 19.3 Å². The van der Waals surface area contributed by atoms with Crippen molar-refractivity contribution in [3.63, 3.8) is 0 Å². The summed E-state index contributed by atoms with van der Waals surface area (Å²) >= 11 is 0. The first kappa shape index (κ1) is 12.5. The van der Waals surface area contributed by atoms with Crippen molar-refractivity contribution >= 4 is 5.91 Å². The van der Waals surface area contributed by atoms with Crippen molar-refractivity contribution in [1.29, 1.82) is 0 Å². The molecule has 4 heteroatoms. The minimum absolute atomic E-state index is 0.129. The lowest BCUT2D eigenvalue weighted by Crippen LogP contribution is -2.37. The largest absolute Gasteiger partial charge is 0.377 e. The fraction of sp³-hybridized carbons (Fsp3) is 0.909. The first-order chi connectivity index (χ1) is 7.08. The molecule has 0 saturated heterocycles. The molecule has 0 aromatic carbocycles. The van der Waals surface area contributed by atoms with E-state index in [1.807, 2.05) is 25.8 Å². The van der Waals surface area contributed by atoms with Crippen LogP contribution in [0.15, 0.2) is 0 Å². The van der Waals surface area contributed by atoms with Crippen LogP contribution in [-0.4, -0.2) is 49.7 Å². The predicted molar refractivity (Wildman–Crippen MR) is 59.7 cm³/mol. The zero-order valence-corrected chi connectivity index (χ0v) is 9.95. The number of hydrogen-bond donors (Lipinski definition) is 1. The Labute approximate surface area is 92.0 Å². The summed E-state index contributed by atoms with van der Waals surface area (Å²) in [5.41, 5.74) is 0. The van der Waals surface area contributed by atoms with E-state index >= 15 is 0 Å². The van der Waals surface area contributed by atoms with Crippen molar-refractivity contribution in [1.82, 2.24) is 10.2 Å². The summed E-state index contributed by atoms with van der Waals surface area (Å²) < 4.78 is 5.41. The SMILES string of the molecule is CC(C)OCCN(C)CC(=O)NC1CC1. The Morgan fingerprint density at radius 1 is 1.53 bits per heavy atom. The van der Waals surface area contributed by atoms with Crippen molar-refractivity contribution in [3.05, 3.63) is 0 Å². The highest BCUT2D eigenvalue weighted by Crippen LogP contribution is 2.18. The third kappa shape index (κ3) is 6.47. The molecule has 0 unspecified atom stereocenters. The molecule has 1 fully saturated rings. The first-order valence-electron chi connectivity index (χ1n) is 5.67. The predicted octanol–water partition coefficient (Wildman–Crippen LogP) is 0.622. The van der Waals surface area contributed by atoms with E-state index in [1.165, 1.54) is 0 Å². The molecule has 0 bridgehead atoms. The summed E-state index contributed by atoms with van der Waals surface area (Å²) in [6, 6.07) is 0.456. The Balaban J connectivity index is 2.00. The lowest BCUT2D eigenvalue weighted by molar-refractivity contribution is -0.122. The van der Waals surface area contributed by atoms with Gasteiger partial charge in [-0.2, -0.15) is 0 Å². The van der Waals surface area contributed by atoms with Crippen molar-refractivity contribution in [2.45, 2.75) is 38.8 Å². The third-order valence-corrected chi connectivity index (χ3v) is 2.28. The summed E-state index contributed by atoms with van der Waals surface area (Å²) in [4.78, 5) is 13.4. The van der Waals surface area contributed by atoms with Crippen molar-refractivity contribution in [2.75, 3.05) is 26.7 Å². The van der Waals surface area contributed by atoms with Crippen LogP contribution in [0.4, 0.5) is 0 Å². The van der Waals surface area contributed by atoms with Crippen LogP contribution >= 0.6 is 0 Å². The molecule has 15 heavy (non-hydrogen) atoms. The summed E-state index contributed by atoms with van der Waals surface area (Å²) in [5, 5.41) is 2.96. The van der Waals surface area contributed by atoms with Gasteiger partial charge in [-0.15, -0.1) is 0 Å². The number of nitrogens with one attached hydrogen (secondary N) is 1. The van der Waals surface area contributed by atoms with E-state index in [4.69, 9.17) is 4.74 Å². The summed E-state index contributed by atoms with van der Waals surface area (Å²) in [6.45, 7) is 5.98. The molecule has 1 rings (SSSR count). The Hall–Kier alpha value is -0.610. The normalized spacial score (nSPS) is 16.1. The maximum atomic E-state index is 11.4. The van der Waals surface area contributed by atoms with Gasteiger partial charge in [-0.1, -0.05) is 0 Å². The van der Waals surface area contributed by atoms with Gasteiger partial charge in [0.15, 0.2) is 0 Å². The zero-order valence-electron chi connectivity index (χ0n) is 9.95. The molecular weight excluding hydrogens is 192 g/mol. The van der Waals surface area contributed by atoms with Gasteiger partial charge in [-0.05, 0) is 33.7 Å². The number of likely N-dealkylation sites (N-methyl/N-ethyl adjacent to an activating group) is 1. The lowest BCUT2D eigenvalue weighted by atomic mass is 10.4. The highest BCUT2D eigenvalue weighted by Gasteiger charge is 2.23. The monoisotopic (exact) mass is 214 g/mol. The number of carbonyl (C=O) groups is 1. The van der Waals surface area contributed by atoms with Crippen LogP contribution < -0.4 is 5.32 Å². The van der Waals surface area contributed by atoms with E-state index in [-0.39, 0.29) is 12.0 Å². The number of carbonyl (C=O) groups excluding carboxylic acids is 1. The molecule has 0 aromatic heterocycles. The fourth-order valence-electron chi connectivity index (χ4n) is 1.27. The molecule has 1 aliphatic carbocycles. The molecule has 1 aliphatic rings. The third-order valence-electron chi connectivity index (χ3n) is 2.28. The maximum Gasteiger partial charge on any atom is 0.234 e. The summed E-state index contributed by atoms with van der Waals surface area (Å²) in [7, 11) is 1.94. The van der Waals surface area contributed by atoms with E-state index in [9.17, 15) is 4.79 Å². The van der Waals surface area contributed by atoms with Crippen LogP contribution in [-0.2, 0) is 9.53 Å². The van der Waals surface area contributed by atoms with Gasteiger partial charge in [0.1, 0.15) is 0 Å². The van der Waals surface area contributed by atoms with E-state index in [1.54, 1.807) is 0 Å². The van der Waals surface area contributed by atoms with E-state index in [0.717, 1.165) is 19.4 Å². The summed E-state index contributed by atoms with van der Waals surface area (Å²) in [5.74, 6) is 0.129. The van der Waals surface area contributed by atoms with Gasteiger partial charge in [0, 0.05) is 12.6 Å². The Bertz CT molecular complexity index is 203. The molecule has 88 valence electrons. The molecule has 4 nitrogen and oxygen atoms in total. The average Bonchev–Trinajstić information content (AvgIpc) is 2.86. The standard InChI is InChI=1S/C11H22N2O2/c1-9(2)15-7-6-13(3)8-11(14)12-10-4-5-10/h9-10H,4-8H2,1-3H3,(H,12,14). The van der Waals surface area contributed by atoms with Gasteiger partial charge in [-0.3, -0.25) is 9.69 Å². The van der Waals surface area contributed by atoms with Gasteiger partial charge >= 0.3 is 0 Å². The van der Waals surface area contributed by atoms with Gasteiger partial charge in [0.25, 0.3) is 0 Å². The minimum atomic E-state index is 0.129. The quantitative estimate of drug-likeness (QED) is 0.675. The molecule has 0 aromatic rings. The highest BCUT2D eigenvalue weighted by molar-refractivity contribution is 5.78. The van der Waals surface area contributed by atoms with E-state index in [2.05, 4.69) is 5.32 Å². The number of rotatable bonds is 7. The highest BCUT2D eigenvalue weighted by atomic mass is 16.5. The molecular formula is C11H22N2O2. The molecule has 0 atom stereocenters. The smallest absolute Gasteiger partial charge is 0.234 e. The van der Waals surface area contributed by atoms with E-state index in [0.29, 0.717) is 19.2 Å². The average molecular weight is 214 g/mol. The first-order valence-corrected chi connectivity index (χ1v) is 5.67. The van der Waals surface area contributed by atoms with Gasteiger partial charge in [-0.25, -0.2) is 0 Å². The minimum Gasteiger partial charge on any atom is -0.377 e. The van der Waals surface area contributed by atoms with Gasteiger partial charge < -0.3 is 10.1 Å². The molecule has 0 heterocycles. The van der Waals surface area contributed by atoms with Crippen LogP contribution in [0.2, 0.25) is 0 Å². The number of ether oxygens (including phenoxy) is 1. The second-order valence-electron chi connectivity index (χ2n) is 4.50.